The van der Waals surface area contributed by atoms with Crippen LogP contribution in [0, 0.1) is 0 Å². The molecule has 0 radical (unpaired) electrons. The number of rotatable bonds is 4. The van der Waals surface area contributed by atoms with Crippen LogP contribution in [0.15, 0.2) is 31.6 Å². The van der Waals surface area contributed by atoms with Crippen molar-refractivity contribution in [2.75, 3.05) is 0 Å². The second kappa shape index (κ2) is 6.39. The van der Waals surface area contributed by atoms with Gasteiger partial charge in [-0.15, -0.1) is 0 Å². The Morgan fingerprint density at radius 3 is 2.24 bits per heavy atom. The molecule has 0 N–H and O–H groups in total. The normalized spacial score (nSPS) is 10.7. The Kier molecular flexibility index (Phi) is 5.08. The summed E-state index contributed by atoms with van der Waals surface area (Å²) in [5.41, 5.74) is 1.49. The van der Waals surface area contributed by atoms with Gasteiger partial charge < -0.3 is 9.47 Å². The van der Waals surface area contributed by atoms with Gasteiger partial charge in [-0.3, -0.25) is 4.79 Å². The van der Waals surface area contributed by atoms with Crippen LogP contribution in [-0.4, -0.2) is 11.9 Å². The number of hydrogen-bond donors (Lipinski definition) is 0. The van der Waals surface area contributed by atoms with Crippen LogP contribution >= 0.6 is 0 Å². The van der Waals surface area contributed by atoms with E-state index in [1.54, 1.807) is 12.1 Å². The lowest BCUT2D eigenvalue weighted by Gasteiger charge is -2.24. The van der Waals surface area contributed by atoms with Gasteiger partial charge in [-0.25, -0.2) is 4.79 Å². The van der Waals surface area contributed by atoms with Crippen LogP contribution in [0.1, 0.15) is 49.2 Å². The van der Waals surface area contributed by atoms with Gasteiger partial charge in [-0.05, 0) is 17.0 Å². The molecule has 0 heterocycles. The molecule has 0 aliphatic carbocycles. The molecule has 0 saturated heterocycles. The van der Waals surface area contributed by atoms with Crippen LogP contribution in [0.25, 0.3) is 6.08 Å². The van der Waals surface area contributed by atoms with Gasteiger partial charge in [0.25, 0.3) is 0 Å². The largest absolute Gasteiger partial charge is 0.431 e. The van der Waals surface area contributed by atoms with E-state index in [9.17, 15) is 9.59 Å². The van der Waals surface area contributed by atoms with Crippen molar-refractivity contribution < 1.29 is 19.1 Å². The molecule has 0 aromatic heterocycles. The fourth-order valence-corrected chi connectivity index (χ4v) is 2.01. The van der Waals surface area contributed by atoms with Gasteiger partial charge in [0.05, 0.1) is 6.26 Å². The molecule has 1 rings (SSSR count). The standard InChI is InChI=1S/C17H20O4/c1-7-12-14(17(4,5)6)10-9-13(16(19)20-8-2)15(12)21-11(3)18/h7-10H,1-2H2,3-6H3. The van der Waals surface area contributed by atoms with Crippen molar-refractivity contribution in [3.63, 3.8) is 0 Å². The predicted molar refractivity (Wildman–Crippen MR) is 82.2 cm³/mol. The van der Waals surface area contributed by atoms with E-state index >= 15 is 0 Å². The predicted octanol–water partition coefficient (Wildman–Crippen LogP) is 3.85. The van der Waals surface area contributed by atoms with E-state index in [1.165, 1.54) is 6.92 Å². The summed E-state index contributed by atoms with van der Waals surface area (Å²) in [7, 11) is 0. The van der Waals surface area contributed by atoms with Crippen molar-refractivity contribution in [2.24, 2.45) is 0 Å². The first-order valence-electron chi connectivity index (χ1n) is 6.52. The zero-order valence-electron chi connectivity index (χ0n) is 12.9. The summed E-state index contributed by atoms with van der Waals surface area (Å²) >= 11 is 0. The van der Waals surface area contributed by atoms with Crippen molar-refractivity contribution in [1.29, 1.82) is 0 Å². The minimum absolute atomic E-state index is 0.160. The minimum atomic E-state index is -0.634. The number of hydrogen-bond acceptors (Lipinski definition) is 4. The highest BCUT2D eigenvalue weighted by atomic mass is 16.5. The summed E-state index contributed by atoms with van der Waals surface area (Å²) in [4.78, 5) is 23.3. The van der Waals surface area contributed by atoms with E-state index in [0.717, 1.165) is 11.8 Å². The van der Waals surface area contributed by atoms with E-state index in [0.29, 0.717) is 5.56 Å². The molecule has 0 unspecified atom stereocenters. The van der Waals surface area contributed by atoms with E-state index in [2.05, 4.69) is 13.2 Å². The third-order valence-electron chi connectivity index (χ3n) is 2.86. The van der Waals surface area contributed by atoms with Crippen LogP contribution < -0.4 is 4.74 Å². The van der Waals surface area contributed by atoms with Crippen LogP contribution in [0.4, 0.5) is 0 Å². The fourth-order valence-electron chi connectivity index (χ4n) is 2.01. The Balaban J connectivity index is 3.61. The number of carbonyl (C=O) groups is 2. The molecule has 1 aromatic carbocycles. The second-order valence-corrected chi connectivity index (χ2v) is 5.52. The van der Waals surface area contributed by atoms with E-state index in [-0.39, 0.29) is 16.7 Å². The van der Waals surface area contributed by atoms with Crippen LogP contribution in [-0.2, 0) is 14.9 Å². The Bertz CT molecular complexity index is 592. The lowest BCUT2D eigenvalue weighted by molar-refractivity contribution is -0.131. The number of benzene rings is 1. The Morgan fingerprint density at radius 1 is 1.19 bits per heavy atom. The first-order chi connectivity index (χ1) is 9.72. The SMILES string of the molecule is C=COC(=O)c1ccc(C(C)(C)C)c(C=C)c1OC(C)=O. The van der Waals surface area contributed by atoms with Crippen molar-refractivity contribution in [3.05, 3.63) is 48.2 Å². The molecule has 0 bridgehead atoms. The van der Waals surface area contributed by atoms with Gasteiger partial charge in [0.15, 0.2) is 5.75 Å². The topological polar surface area (TPSA) is 52.6 Å². The molecule has 0 fully saturated rings. The average molecular weight is 288 g/mol. The van der Waals surface area contributed by atoms with Gasteiger partial charge in [-0.1, -0.05) is 46.1 Å². The minimum Gasteiger partial charge on any atom is -0.431 e. The Hall–Kier alpha value is -2.36. The molecule has 4 heteroatoms. The first-order valence-corrected chi connectivity index (χ1v) is 6.52. The smallest absolute Gasteiger partial charge is 0.346 e. The molecule has 0 aliphatic rings. The van der Waals surface area contributed by atoms with Crippen molar-refractivity contribution in [2.45, 2.75) is 33.1 Å². The summed E-state index contributed by atoms with van der Waals surface area (Å²) in [6.07, 6.45) is 2.61. The zero-order chi connectivity index (χ0) is 16.2. The summed E-state index contributed by atoms with van der Waals surface area (Å²) in [5, 5.41) is 0. The molecule has 0 aliphatic heterocycles. The summed E-state index contributed by atoms with van der Waals surface area (Å²) in [6, 6.07) is 3.39. The summed E-state index contributed by atoms with van der Waals surface area (Å²) in [5.74, 6) is -0.988. The molecule has 0 spiro atoms. The van der Waals surface area contributed by atoms with Gasteiger partial charge >= 0.3 is 11.9 Å². The second-order valence-electron chi connectivity index (χ2n) is 5.52. The third-order valence-corrected chi connectivity index (χ3v) is 2.86. The maximum atomic E-state index is 12.0. The molecule has 1 aromatic rings. The lowest BCUT2D eigenvalue weighted by atomic mass is 9.82. The van der Waals surface area contributed by atoms with Crippen LogP contribution in [0.5, 0.6) is 5.75 Å². The fraction of sp³-hybridized carbons (Fsp3) is 0.294. The monoisotopic (exact) mass is 288 g/mol. The van der Waals surface area contributed by atoms with Crippen molar-refractivity contribution in [3.8, 4) is 5.75 Å². The number of carbonyl (C=O) groups excluding carboxylic acids is 2. The molecular formula is C17H20O4. The van der Waals surface area contributed by atoms with Gasteiger partial charge in [-0.2, -0.15) is 0 Å². The maximum absolute atomic E-state index is 12.0. The Morgan fingerprint density at radius 2 is 1.81 bits per heavy atom. The van der Waals surface area contributed by atoms with Crippen LogP contribution in [0.3, 0.4) is 0 Å². The van der Waals surface area contributed by atoms with Crippen molar-refractivity contribution >= 4 is 18.0 Å². The first kappa shape index (κ1) is 16.7. The van der Waals surface area contributed by atoms with Crippen molar-refractivity contribution in [1.82, 2.24) is 0 Å². The molecule has 0 saturated carbocycles. The zero-order valence-corrected chi connectivity index (χ0v) is 12.9. The molecule has 4 nitrogen and oxygen atoms in total. The number of ether oxygens (including phenoxy) is 2. The maximum Gasteiger partial charge on any atom is 0.346 e. The molecule has 0 atom stereocenters. The third kappa shape index (κ3) is 3.81. The van der Waals surface area contributed by atoms with E-state index < -0.39 is 11.9 Å². The van der Waals surface area contributed by atoms with E-state index in [1.807, 2.05) is 26.8 Å². The average Bonchev–Trinajstić information content (AvgIpc) is 2.36. The highest BCUT2D eigenvalue weighted by Gasteiger charge is 2.25. The van der Waals surface area contributed by atoms with E-state index in [4.69, 9.17) is 9.47 Å². The highest BCUT2D eigenvalue weighted by Crippen LogP contribution is 2.35. The summed E-state index contributed by atoms with van der Waals surface area (Å²) in [6.45, 7) is 14.4. The van der Waals surface area contributed by atoms with Gasteiger partial charge in [0, 0.05) is 12.5 Å². The number of esters is 2. The van der Waals surface area contributed by atoms with Gasteiger partial charge in [0.1, 0.15) is 5.56 Å². The van der Waals surface area contributed by atoms with Gasteiger partial charge in [0.2, 0.25) is 0 Å². The molecule has 112 valence electrons. The highest BCUT2D eigenvalue weighted by molar-refractivity contribution is 5.95. The summed E-state index contributed by atoms with van der Waals surface area (Å²) < 4.78 is 10.00. The molecular weight excluding hydrogens is 268 g/mol. The molecule has 0 amide bonds. The van der Waals surface area contributed by atoms with Crippen LogP contribution in [0.2, 0.25) is 0 Å². The quantitative estimate of drug-likeness (QED) is 0.479. The molecule has 21 heavy (non-hydrogen) atoms. The Labute approximate surface area is 125 Å². The lowest BCUT2D eigenvalue weighted by Crippen LogP contribution is -2.17.